The summed E-state index contributed by atoms with van der Waals surface area (Å²) < 4.78 is 0. The Labute approximate surface area is 158 Å². The van der Waals surface area contributed by atoms with Gasteiger partial charge in [-0.2, -0.15) is 0 Å². The number of urea groups is 1. The second kappa shape index (κ2) is 10.2. The first-order chi connectivity index (χ1) is 11.4. The zero-order valence-corrected chi connectivity index (χ0v) is 16.9. The summed E-state index contributed by atoms with van der Waals surface area (Å²) in [5.74, 6) is 0.978. The van der Waals surface area contributed by atoms with Gasteiger partial charge in [0.15, 0.2) is 0 Å². The highest BCUT2D eigenvalue weighted by Crippen LogP contribution is 2.22. The molecule has 3 amide bonds. The van der Waals surface area contributed by atoms with Crippen LogP contribution in [0.5, 0.6) is 0 Å². The summed E-state index contributed by atoms with van der Waals surface area (Å²) >= 11 is 0. The smallest absolute Gasteiger partial charge is 0.317 e. The van der Waals surface area contributed by atoms with Gasteiger partial charge in [-0.05, 0) is 38.5 Å². The molecule has 3 unspecified atom stereocenters. The van der Waals surface area contributed by atoms with E-state index in [0.717, 1.165) is 32.5 Å². The Morgan fingerprint density at radius 1 is 1.24 bits per heavy atom. The van der Waals surface area contributed by atoms with Crippen LogP contribution in [0.2, 0.25) is 0 Å². The molecule has 2 heterocycles. The van der Waals surface area contributed by atoms with E-state index in [2.05, 4.69) is 38.3 Å². The largest absolute Gasteiger partial charge is 0.338 e. The van der Waals surface area contributed by atoms with Crippen molar-refractivity contribution >= 4 is 24.3 Å². The van der Waals surface area contributed by atoms with Crippen LogP contribution in [0.15, 0.2) is 0 Å². The molecule has 6 nitrogen and oxygen atoms in total. The van der Waals surface area contributed by atoms with Gasteiger partial charge in [0.2, 0.25) is 5.91 Å². The van der Waals surface area contributed by atoms with E-state index in [1.54, 1.807) is 0 Å². The highest BCUT2D eigenvalue weighted by atomic mass is 35.5. The third kappa shape index (κ3) is 6.33. The van der Waals surface area contributed by atoms with Gasteiger partial charge in [0, 0.05) is 51.2 Å². The zero-order chi connectivity index (χ0) is 17.7. The van der Waals surface area contributed by atoms with Crippen molar-refractivity contribution in [2.75, 3.05) is 32.7 Å². The molecule has 2 N–H and O–H groups in total. The summed E-state index contributed by atoms with van der Waals surface area (Å²) in [7, 11) is 0. The number of piperazine rings is 1. The maximum Gasteiger partial charge on any atom is 0.317 e. The molecule has 2 fully saturated rings. The molecule has 0 aromatic carbocycles. The fraction of sp³-hybridized carbons (Fsp3) is 0.889. The van der Waals surface area contributed by atoms with Crippen molar-refractivity contribution in [2.45, 2.75) is 59.0 Å². The summed E-state index contributed by atoms with van der Waals surface area (Å²) in [6.07, 6.45) is 2.58. The summed E-state index contributed by atoms with van der Waals surface area (Å²) in [5.41, 5.74) is 0. The average molecular weight is 375 g/mol. The standard InChI is InChI=1S/C18H34N4O2.ClH/c1-13(2)11-20-18(24)21-8-5-6-16(12-21)10-17(23)22-9-7-19-14(3)15(22)4;/h13-16,19H,5-12H2,1-4H3,(H,20,24);1H. The second-order valence-corrected chi connectivity index (χ2v) is 7.81. The molecule has 25 heavy (non-hydrogen) atoms. The molecule has 7 heteroatoms. The lowest BCUT2D eigenvalue weighted by atomic mass is 9.93. The van der Waals surface area contributed by atoms with E-state index < -0.39 is 0 Å². The van der Waals surface area contributed by atoms with Crippen molar-refractivity contribution in [1.82, 2.24) is 20.4 Å². The highest BCUT2D eigenvalue weighted by molar-refractivity contribution is 5.85. The summed E-state index contributed by atoms with van der Waals surface area (Å²) in [6, 6.07) is 0.595. The first kappa shape index (κ1) is 22.0. The Kier molecular flexibility index (Phi) is 9.00. The van der Waals surface area contributed by atoms with E-state index in [-0.39, 0.29) is 36.3 Å². The Hall–Kier alpha value is -1.01. The number of carbonyl (C=O) groups is 2. The second-order valence-electron chi connectivity index (χ2n) is 7.81. The van der Waals surface area contributed by atoms with Gasteiger partial charge in [0.25, 0.3) is 0 Å². The van der Waals surface area contributed by atoms with Crippen molar-refractivity contribution in [3.63, 3.8) is 0 Å². The van der Waals surface area contributed by atoms with Crippen molar-refractivity contribution in [3.8, 4) is 0 Å². The molecule has 2 aliphatic heterocycles. The van der Waals surface area contributed by atoms with E-state index in [4.69, 9.17) is 0 Å². The normalized spacial score (nSPS) is 27.0. The maximum atomic E-state index is 12.7. The van der Waals surface area contributed by atoms with Crippen LogP contribution in [0.3, 0.4) is 0 Å². The van der Waals surface area contributed by atoms with Gasteiger partial charge in [0.1, 0.15) is 0 Å². The molecule has 0 aromatic heterocycles. The van der Waals surface area contributed by atoms with E-state index in [1.807, 2.05) is 9.80 Å². The van der Waals surface area contributed by atoms with Crippen molar-refractivity contribution in [2.24, 2.45) is 11.8 Å². The van der Waals surface area contributed by atoms with Gasteiger partial charge in [0.05, 0.1) is 0 Å². The van der Waals surface area contributed by atoms with E-state index in [9.17, 15) is 9.59 Å². The molecule has 0 spiro atoms. The predicted octanol–water partition coefficient (Wildman–Crippen LogP) is 2.08. The number of carbonyl (C=O) groups excluding carboxylic acids is 2. The lowest BCUT2D eigenvalue weighted by molar-refractivity contribution is -0.136. The Bertz CT molecular complexity index is 447. The van der Waals surface area contributed by atoms with Gasteiger partial charge in [-0.25, -0.2) is 4.79 Å². The van der Waals surface area contributed by atoms with Crippen LogP contribution in [-0.4, -0.2) is 66.5 Å². The van der Waals surface area contributed by atoms with Gasteiger partial charge >= 0.3 is 6.03 Å². The lowest BCUT2D eigenvalue weighted by Gasteiger charge is -2.40. The first-order valence-electron chi connectivity index (χ1n) is 9.44. The first-order valence-corrected chi connectivity index (χ1v) is 9.44. The fourth-order valence-electron chi connectivity index (χ4n) is 3.59. The maximum absolute atomic E-state index is 12.7. The summed E-state index contributed by atoms with van der Waals surface area (Å²) in [4.78, 5) is 28.8. The molecule has 0 bridgehead atoms. The van der Waals surface area contributed by atoms with Crippen LogP contribution in [0.1, 0.15) is 47.0 Å². The lowest BCUT2D eigenvalue weighted by Crippen LogP contribution is -2.57. The van der Waals surface area contributed by atoms with E-state index >= 15 is 0 Å². The zero-order valence-electron chi connectivity index (χ0n) is 16.1. The van der Waals surface area contributed by atoms with Gasteiger partial charge in [-0.15, -0.1) is 12.4 Å². The SMILES string of the molecule is CC(C)CNC(=O)N1CCCC(CC(=O)N2CCNC(C)C2C)C1.Cl. The summed E-state index contributed by atoms with van der Waals surface area (Å²) in [5, 5.41) is 6.40. The van der Waals surface area contributed by atoms with Crippen LogP contribution in [0.25, 0.3) is 0 Å². The molecular formula is C18H35ClN4O2. The Morgan fingerprint density at radius 2 is 1.96 bits per heavy atom. The number of hydrogen-bond donors (Lipinski definition) is 2. The topological polar surface area (TPSA) is 64.7 Å². The van der Waals surface area contributed by atoms with Gasteiger partial charge in [-0.1, -0.05) is 13.8 Å². The molecule has 2 rings (SSSR count). The number of nitrogens with zero attached hydrogens (tertiary/aromatic N) is 2. The number of halogens is 1. The van der Waals surface area contributed by atoms with Crippen molar-refractivity contribution in [3.05, 3.63) is 0 Å². The average Bonchev–Trinajstić information content (AvgIpc) is 2.55. The minimum absolute atomic E-state index is 0. The minimum Gasteiger partial charge on any atom is -0.338 e. The number of likely N-dealkylation sites (tertiary alicyclic amines) is 1. The molecule has 0 aliphatic carbocycles. The van der Waals surface area contributed by atoms with E-state index in [1.165, 1.54) is 0 Å². The fourth-order valence-corrected chi connectivity index (χ4v) is 3.59. The van der Waals surface area contributed by atoms with E-state index in [0.29, 0.717) is 31.5 Å². The van der Waals surface area contributed by atoms with Crippen LogP contribution < -0.4 is 10.6 Å². The summed E-state index contributed by atoms with van der Waals surface area (Å²) in [6.45, 7) is 12.3. The number of nitrogens with one attached hydrogen (secondary N) is 2. The van der Waals surface area contributed by atoms with Crippen LogP contribution in [0, 0.1) is 11.8 Å². The van der Waals surface area contributed by atoms with Crippen molar-refractivity contribution < 1.29 is 9.59 Å². The molecular weight excluding hydrogens is 340 g/mol. The minimum atomic E-state index is 0. The van der Waals surface area contributed by atoms with Crippen LogP contribution in [0.4, 0.5) is 4.79 Å². The quantitative estimate of drug-likeness (QED) is 0.791. The monoisotopic (exact) mass is 374 g/mol. The molecule has 0 saturated carbocycles. The number of hydrogen-bond acceptors (Lipinski definition) is 3. The molecule has 0 aromatic rings. The third-order valence-corrected chi connectivity index (χ3v) is 5.29. The third-order valence-electron chi connectivity index (χ3n) is 5.29. The van der Waals surface area contributed by atoms with Crippen molar-refractivity contribution in [1.29, 1.82) is 0 Å². The number of amides is 3. The molecule has 0 radical (unpaired) electrons. The highest BCUT2D eigenvalue weighted by Gasteiger charge is 2.31. The van der Waals surface area contributed by atoms with Gasteiger partial charge < -0.3 is 20.4 Å². The van der Waals surface area contributed by atoms with Crippen LogP contribution >= 0.6 is 12.4 Å². The predicted molar refractivity (Wildman–Crippen MR) is 103 cm³/mol. The Morgan fingerprint density at radius 3 is 2.64 bits per heavy atom. The number of rotatable bonds is 4. The van der Waals surface area contributed by atoms with Crippen LogP contribution in [-0.2, 0) is 4.79 Å². The molecule has 2 aliphatic rings. The Balaban J connectivity index is 0.00000312. The molecule has 146 valence electrons. The number of piperidine rings is 1. The van der Waals surface area contributed by atoms with Gasteiger partial charge in [-0.3, -0.25) is 4.79 Å². The molecule has 2 saturated heterocycles. The molecule has 3 atom stereocenters.